The van der Waals surface area contributed by atoms with E-state index in [1.807, 2.05) is 0 Å². The van der Waals surface area contributed by atoms with Gasteiger partial charge in [-0.05, 0) is 30.8 Å². The van der Waals surface area contributed by atoms with E-state index in [0.717, 1.165) is 18.7 Å². The Hall–Kier alpha value is -2.21. The van der Waals surface area contributed by atoms with Crippen molar-refractivity contribution in [3.63, 3.8) is 0 Å². The number of likely N-dealkylation sites (N-methyl/N-ethyl adjacent to an activating group) is 1. The van der Waals surface area contributed by atoms with Gasteiger partial charge in [-0.2, -0.15) is 0 Å². The lowest BCUT2D eigenvalue weighted by molar-refractivity contribution is -0.129. The predicted molar refractivity (Wildman–Crippen MR) is 96.0 cm³/mol. The molecule has 2 rings (SSSR count). The molecule has 2 heterocycles. The third kappa shape index (κ3) is 3.90. The number of hydrogen-bond acceptors (Lipinski definition) is 5. The van der Waals surface area contributed by atoms with E-state index in [-0.39, 0.29) is 17.3 Å². The average molecular weight is 345 g/mol. The predicted octanol–water partition coefficient (Wildman–Crippen LogP) is 2.34. The molecule has 0 fully saturated rings. The highest BCUT2D eigenvalue weighted by molar-refractivity contribution is 6.09. The van der Waals surface area contributed by atoms with Crippen molar-refractivity contribution in [2.45, 2.75) is 33.7 Å². The van der Waals surface area contributed by atoms with E-state index in [9.17, 15) is 14.7 Å². The Balaban J connectivity index is 2.39. The summed E-state index contributed by atoms with van der Waals surface area (Å²) in [5.74, 6) is -1.38. The van der Waals surface area contributed by atoms with Crippen LogP contribution in [0.3, 0.4) is 0 Å². The topological polar surface area (TPSA) is 73.7 Å². The maximum absolute atomic E-state index is 12.7. The number of hydrogen-bond donors (Lipinski definition) is 1. The number of nitrogens with zero attached hydrogens (tertiary/aromatic N) is 3. The van der Waals surface area contributed by atoms with E-state index in [1.54, 1.807) is 43.3 Å². The molecule has 0 aliphatic carbocycles. The van der Waals surface area contributed by atoms with Crippen molar-refractivity contribution >= 4 is 11.7 Å². The molecule has 1 N–H and O–H groups in total. The number of amides is 1. The van der Waals surface area contributed by atoms with E-state index in [0.29, 0.717) is 13.1 Å². The van der Waals surface area contributed by atoms with Crippen LogP contribution in [0.5, 0.6) is 0 Å². The van der Waals surface area contributed by atoms with E-state index < -0.39 is 17.7 Å². The summed E-state index contributed by atoms with van der Waals surface area (Å²) in [5.41, 5.74) is 0.988. The van der Waals surface area contributed by atoms with Gasteiger partial charge in [-0.1, -0.05) is 27.7 Å². The Morgan fingerprint density at radius 1 is 1.28 bits per heavy atom. The zero-order valence-corrected chi connectivity index (χ0v) is 15.4. The Bertz CT molecular complexity index is 651. The molecule has 1 aliphatic heterocycles. The third-order valence-corrected chi connectivity index (χ3v) is 4.67. The SMILES string of the molecule is CCN(CC)CCN1C(=O)C(O)=C(C(=O)C(C)C)C1c1ccncc1. The molecule has 136 valence electrons. The molecule has 0 spiro atoms. The number of rotatable bonds is 8. The molecular weight excluding hydrogens is 318 g/mol. The third-order valence-electron chi connectivity index (χ3n) is 4.67. The number of aliphatic hydroxyl groups is 1. The molecule has 25 heavy (non-hydrogen) atoms. The Morgan fingerprint density at radius 3 is 2.40 bits per heavy atom. The highest BCUT2D eigenvalue weighted by Crippen LogP contribution is 2.38. The zero-order valence-electron chi connectivity index (χ0n) is 15.4. The largest absolute Gasteiger partial charge is 0.503 e. The van der Waals surface area contributed by atoms with Crippen molar-refractivity contribution in [1.29, 1.82) is 0 Å². The number of aliphatic hydroxyl groups excluding tert-OH is 1. The molecule has 1 aromatic heterocycles. The molecule has 0 saturated carbocycles. The van der Waals surface area contributed by atoms with E-state index >= 15 is 0 Å². The van der Waals surface area contributed by atoms with Crippen LogP contribution in [0.4, 0.5) is 0 Å². The number of carbonyl (C=O) groups excluding carboxylic acids is 2. The van der Waals surface area contributed by atoms with Gasteiger partial charge in [-0.3, -0.25) is 14.6 Å². The molecule has 0 saturated heterocycles. The summed E-state index contributed by atoms with van der Waals surface area (Å²) in [5, 5.41) is 10.4. The van der Waals surface area contributed by atoms with Gasteiger partial charge in [0.05, 0.1) is 11.6 Å². The summed E-state index contributed by atoms with van der Waals surface area (Å²) >= 11 is 0. The lowest BCUT2D eigenvalue weighted by Gasteiger charge is -2.29. The minimum Gasteiger partial charge on any atom is -0.503 e. The summed E-state index contributed by atoms with van der Waals surface area (Å²) < 4.78 is 0. The summed E-state index contributed by atoms with van der Waals surface area (Å²) in [6.07, 6.45) is 3.27. The first-order chi connectivity index (χ1) is 11.9. The lowest BCUT2D eigenvalue weighted by Crippen LogP contribution is -2.38. The highest BCUT2D eigenvalue weighted by atomic mass is 16.3. The van der Waals surface area contributed by atoms with Crippen LogP contribution in [-0.4, -0.2) is 57.8 Å². The molecule has 1 amide bonds. The minimum atomic E-state index is -0.555. The van der Waals surface area contributed by atoms with Gasteiger partial charge in [0.25, 0.3) is 5.91 Å². The molecule has 1 atom stereocenters. The van der Waals surface area contributed by atoms with Crippen LogP contribution >= 0.6 is 0 Å². The molecule has 0 radical (unpaired) electrons. The molecule has 0 aromatic carbocycles. The monoisotopic (exact) mass is 345 g/mol. The fraction of sp³-hybridized carbons (Fsp3) is 0.526. The molecule has 1 aromatic rings. The lowest BCUT2D eigenvalue weighted by atomic mass is 9.92. The van der Waals surface area contributed by atoms with Gasteiger partial charge in [-0.25, -0.2) is 0 Å². The van der Waals surface area contributed by atoms with Crippen LogP contribution < -0.4 is 0 Å². The van der Waals surface area contributed by atoms with Crippen molar-refractivity contribution in [3.05, 3.63) is 41.4 Å². The number of carbonyl (C=O) groups is 2. The van der Waals surface area contributed by atoms with Crippen LogP contribution in [0, 0.1) is 5.92 Å². The molecule has 6 heteroatoms. The fourth-order valence-electron chi connectivity index (χ4n) is 3.13. The average Bonchev–Trinajstić information content (AvgIpc) is 2.87. The smallest absolute Gasteiger partial charge is 0.290 e. The van der Waals surface area contributed by atoms with Crippen LogP contribution in [0.25, 0.3) is 0 Å². The Kier molecular flexibility index (Phi) is 6.31. The maximum atomic E-state index is 12.7. The number of pyridine rings is 1. The van der Waals surface area contributed by atoms with Gasteiger partial charge < -0.3 is 14.9 Å². The van der Waals surface area contributed by atoms with Crippen LogP contribution in [0.2, 0.25) is 0 Å². The van der Waals surface area contributed by atoms with Crippen LogP contribution in [0.1, 0.15) is 39.3 Å². The second kappa shape index (κ2) is 8.25. The zero-order chi connectivity index (χ0) is 18.6. The highest BCUT2D eigenvalue weighted by Gasteiger charge is 2.43. The van der Waals surface area contributed by atoms with Crippen molar-refractivity contribution in [1.82, 2.24) is 14.8 Å². The minimum absolute atomic E-state index is 0.196. The van der Waals surface area contributed by atoms with Crippen molar-refractivity contribution < 1.29 is 14.7 Å². The van der Waals surface area contributed by atoms with Crippen LogP contribution in [-0.2, 0) is 9.59 Å². The van der Waals surface area contributed by atoms with Gasteiger partial charge >= 0.3 is 0 Å². The van der Waals surface area contributed by atoms with Crippen molar-refractivity contribution in [2.75, 3.05) is 26.2 Å². The quantitative estimate of drug-likeness (QED) is 0.783. The second-order valence-electron chi connectivity index (χ2n) is 6.49. The van der Waals surface area contributed by atoms with Gasteiger partial charge in [0.1, 0.15) is 0 Å². The van der Waals surface area contributed by atoms with Crippen LogP contribution in [0.15, 0.2) is 35.9 Å². The van der Waals surface area contributed by atoms with E-state index in [4.69, 9.17) is 0 Å². The number of Topliss-reactive ketones (excluding diaryl/α,β-unsaturated/α-hetero) is 1. The summed E-state index contributed by atoms with van der Waals surface area (Å²) in [4.78, 5) is 33.1. The van der Waals surface area contributed by atoms with Gasteiger partial charge in [0, 0.05) is 31.4 Å². The summed E-state index contributed by atoms with van der Waals surface area (Å²) in [6, 6.07) is 3.02. The second-order valence-corrected chi connectivity index (χ2v) is 6.49. The maximum Gasteiger partial charge on any atom is 0.290 e. The first-order valence-electron chi connectivity index (χ1n) is 8.82. The van der Waals surface area contributed by atoms with Gasteiger partial charge in [-0.15, -0.1) is 0 Å². The molecule has 1 aliphatic rings. The van der Waals surface area contributed by atoms with Crippen molar-refractivity contribution in [2.24, 2.45) is 5.92 Å². The molecule has 0 bridgehead atoms. The fourth-order valence-corrected chi connectivity index (χ4v) is 3.13. The first-order valence-corrected chi connectivity index (χ1v) is 8.82. The summed E-state index contributed by atoms with van der Waals surface area (Å²) in [7, 11) is 0. The Morgan fingerprint density at radius 2 is 1.88 bits per heavy atom. The van der Waals surface area contributed by atoms with Gasteiger partial charge in [0.2, 0.25) is 0 Å². The van der Waals surface area contributed by atoms with E-state index in [1.165, 1.54) is 0 Å². The molecule has 6 nitrogen and oxygen atoms in total. The normalized spacial score (nSPS) is 17.9. The van der Waals surface area contributed by atoms with E-state index in [2.05, 4.69) is 23.7 Å². The standard InChI is InChI=1S/C19H27N3O3/c1-5-21(6-2)11-12-22-16(14-7-9-20-10-8-14)15(17(23)13(3)4)18(24)19(22)25/h7-10,13,16,24H,5-6,11-12H2,1-4H3. The number of aromatic nitrogens is 1. The van der Waals surface area contributed by atoms with Crippen molar-refractivity contribution in [3.8, 4) is 0 Å². The summed E-state index contributed by atoms with van der Waals surface area (Å²) in [6.45, 7) is 10.6. The first kappa shape index (κ1) is 19.1. The number of ketones is 1. The molecular formula is C19H27N3O3. The van der Waals surface area contributed by atoms with Gasteiger partial charge in [0.15, 0.2) is 11.5 Å². The molecule has 1 unspecified atom stereocenters. The Labute approximate surface area is 149 Å².